The molecule has 1 heterocycles. The largest absolute Gasteiger partial charge is 0.474 e. The number of hydrogen-bond donors (Lipinski definition) is 1. The van der Waals surface area contributed by atoms with E-state index in [-0.39, 0.29) is 6.10 Å². The Morgan fingerprint density at radius 1 is 1.29 bits per heavy atom. The van der Waals surface area contributed by atoms with Crippen LogP contribution in [-0.2, 0) is 0 Å². The Labute approximate surface area is 84.5 Å². The van der Waals surface area contributed by atoms with Gasteiger partial charge < -0.3 is 10.5 Å². The van der Waals surface area contributed by atoms with Crippen molar-refractivity contribution in [1.82, 2.24) is 9.97 Å². The van der Waals surface area contributed by atoms with Crippen molar-refractivity contribution in [3.05, 3.63) is 11.9 Å². The van der Waals surface area contributed by atoms with Gasteiger partial charge in [-0.1, -0.05) is 13.8 Å². The molecule has 0 aliphatic carbocycles. The van der Waals surface area contributed by atoms with Gasteiger partial charge >= 0.3 is 0 Å². The van der Waals surface area contributed by atoms with Crippen molar-refractivity contribution in [2.45, 2.75) is 33.8 Å². The molecule has 0 aliphatic rings. The smallest absolute Gasteiger partial charge is 0.218 e. The Morgan fingerprint density at radius 3 is 2.43 bits per heavy atom. The first-order chi connectivity index (χ1) is 6.49. The molecule has 0 spiro atoms. The van der Waals surface area contributed by atoms with E-state index in [4.69, 9.17) is 10.5 Å². The van der Waals surface area contributed by atoms with Gasteiger partial charge in [-0.05, 0) is 19.8 Å². The van der Waals surface area contributed by atoms with Gasteiger partial charge in [0.2, 0.25) is 5.88 Å². The maximum Gasteiger partial charge on any atom is 0.218 e. The predicted octanol–water partition coefficient (Wildman–Crippen LogP) is 1.79. The highest BCUT2D eigenvalue weighted by atomic mass is 16.5. The standard InChI is InChI=1S/C10H17N3O/c1-6(2)7(3)14-10-5-9(11)12-8(4)13-10/h5-7H,1-4H3,(H2,11,12,13). The minimum absolute atomic E-state index is 0.128. The van der Waals surface area contributed by atoms with Crippen LogP contribution in [0.15, 0.2) is 6.07 Å². The van der Waals surface area contributed by atoms with Crippen LogP contribution in [0.3, 0.4) is 0 Å². The predicted molar refractivity (Wildman–Crippen MR) is 56.1 cm³/mol. The molecule has 1 aromatic rings. The van der Waals surface area contributed by atoms with Crippen LogP contribution in [0.4, 0.5) is 5.82 Å². The number of nitrogen functional groups attached to an aromatic ring is 1. The lowest BCUT2D eigenvalue weighted by Crippen LogP contribution is -2.19. The molecule has 14 heavy (non-hydrogen) atoms. The fraction of sp³-hybridized carbons (Fsp3) is 0.600. The number of rotatable bonds is 3. The lowest BCUT2D eigenvalue weighted by molar-refractivity contribution is 0.163. The second-order valence-corrected chi connectivity index (χ2v) is 3.75. The van der Waals surface area contributed by atoms with E-state index in [0.717, 1.165) is 0 Å². The zero-order valence-electron chi connectivity index (χ0n) is 9.11. The molecule has 0 aliphatic heterocycles. The Balaban J connectivity index is 2.76. The van der Waals surface area contributed by atoms with E-state index in [1.54, 1.807) is 13.0 Å². The SMILES string of the molecule is Cc1nc(N)cc(OC(C)C(C)C)n1. The van der Waals surface area contributed by atoms with Gasteiger partial charge in [0.25, 0.3) is 0 Å². The number of nitrogens with zero attached hydrogens (tertiary/aromatic N) is 2. The summed E-state index contributed by atoms with van der Waals surface area (Å²) in [5, 5.41) is 0. The molecule has 4 heteroatoms. The Bertz CT molecular complexity index is 292. The molecule has 0 radical (unpaired) electrons. The summed E-state index contributed by atoms with van der Waals surface area (Å²) in [6.07, 6.45) is 0.128. The zero-order chi connectivity index (χ0) is 10.7. The highest BCUT2D eigenvalue weighted by molar-refractivity contribution is 5.32. The molecule has 1 atom stereocenters. The first kappa shape index (κ1) is 10.8. The summed E-state index contributed by atoms with van der Waals surface area (Å²) in [4.78, 5) is 8.12. The van der Waals surface area contributed by atoms with Gasteiger partial charge in [-0.3, -0.25) is 0 Å². The number of ether oxygens (including phenoxy) is 1. The lowest BCUT2D eigenvalue weighted by atomic mass is 10.1. The van der Waals surface area contributed by atoms with Crippen LogP contribution in [0, 0.1) is 12.8 Å². The average Bonchev–Trinajstić information content (AvgIpc) is 2.01. The van der Waals surface area contributed by atoms with Crippen molar-refractivity contribution in [2.24, 2.45) is 5.92 Å². The minimum atomic E-state index is 0.128. The normalized spacial score (nSPS) is 12.9. The molecule has 4 nitrogen and oxygen atoms in total. The molecule has 1 aromatic heterocycles. The van der Waals surface area contributed by atoms with Gasteiger partial charge in [-0.15, -0.1) is 0 Å². The van der Waals surface area contributed by atoms with Crippen molar-refractivity contribution in [3.8, 4) is 5.88 Å². The van der Waals surface area contributed by atoms with Crippen LogP contribution in [0.1, 0.15) is 26.6 Å². The highest BCUT2D eigenvalue weighted by Crippen LogP contribution is 2.15. The van der Waals surface area contributed by atoms with Crippen LogP contribution < -0.4 is 10.5 Å². The molecule has 0 aromatic carbocycles. The number of aryl methyl sites for hydroxylation is 1. The maximum absolute atomic E-state index is 5.61. The van der Waals surface area contributed by atoms with E-state index in [9.17, 15) is 0 Å². The van der Waals surface area contributed by atoms with Gasteiger partial charge in [0.1, 0.15) is 11.6 Å². The topological polar surface area (TPSA) is 61.0 Å². The molecule has 1 rings (SSSR count). The van der Waals surface area contributed by atoms with Crippen LogP contribution in [0.5, 0.6) is 5.88 Å². The molecular weight excluding hydrogens is 178 g/mol. The summed E-state index contributed by atoms with van der Waals surface area (Å²) in [5.74, 6) is 2.09. The summed E-state index contributed by atoms with van der Waals surface area (Å²) in [6.45, 7) is 8.01. The molecule has 0 amide bonds. The summed E-state index contributed by atoms with van der Waals surface area (Å²) in [5.41, 5.74) is 5.58. The summed E-state index contributed by atoms with van der Waals surface area (Å²) < 4.78 is 5.61. The van der Waals surface area contributed by atoms with Crippen LogP contribution in [-0.4, -0.2) is 16.1 Å². The summed E-state index contributed by atoms with van der Waals surface area (Å²) in [6, 6.07) is 1.64. The van der Waals surface area contributed by atoms with Gasteiger partial charge in [-0.25, -0.2) is 4.98 Å². The summed E-state index contributed by atoms with van der Waals surface area (Å²) in [7, 11) is 0. The number of aromatic nitrogens is 2. The quantitative estimate of drug-likeness (QED) is 0.798. The van der Waals surface area contributed by atoms with Gasteiger partial charge in [0.05, 0.1) is 6.10 Å². The second kappa shape index (κ2) is 4.26. The van der Waals surface area contributed by atoms with Crippen molar-refractivity contribution in [1.29, 1.82) is 0 Å². The first-order valence-electron chi connectivity index (χ1n) is 4.77. The Kier molecular flexibility index (Phi) is 3.28. The Morgan fingerprint density at radius 2 is 1.93 bits per heavy atom. The van der Waals surface area contributed by atoms with E-state index in [0.29, 0.717) is 23.4 Å². The van der Waals surface area contributed by atoms with Crippen molar-refractivity contribution in [2.75, 3.05) is 5.73 Å². The van der Waals surface area contributed by atoms with E-state index in [2.05, 4.69) is 23.8 Å². The van der Waals surface area contributed by atoms with Crippen molar-refractivity contribution < 1.29 is 4.74 Å². The van der Waals surface area contributed by atoms with Crippen molar-refractivity contribution in [3.63, 3.8) is 0 Å². The molecule has 2 N–H and O–H groups in total. The van der Waals surface area contributed by atoms with Crippen LogP contribution >= 0.6 is 0 Å². The molecule has 0 saturated carbocycles. The molecule has 1 unspecified atom stereocenters. The molecular formula is C10H17N3O. The minimum Gasteiger partial charge on any atom is -0.474 e. The molecule has 78 valence electrons. The third kappa shape index (κ3) is 2.87. The highest BCUT2D eigenvalue weighted by Gasteiger charge is 2.10. The Hall–Kier alpha value is -1.32. The number of anilines is 1. The fourth-order valence-corrected chi connectivity index (χ4v) is 0.949. The van der Waals surface area contributed by atoms with E-state index in [1.165, 1.54) is 0 Å². The average molecular weight is 195 g/mol. The molecule has 0 fully saturated rings. The van der Waals surface area contributed by atoms with Gasteiger partial charge in [0.15, 0.2) is 0 Å². The van der Waals surface area contributed by atoms with E-state index >= 15 is 0 Å². The van der Waals surface area contributed by atoms with Gasteiger partial charge in [-0.2, -0.15) is 4.98 Å². The lowest BCUT2D eigenvalue weighted by Gasteiger charge is -2.17. The van der Waals surface area contributed by atoms with Crippen LogP contribution in [0.2, 0.25) is 0 Å². The molecule has 0 bridgehead atoms. The third-order valence-corrected chi connectivity index (χ3v) is 2.08. The third-order valence-electron chi connectivity index (χ3n) is 2.08. The van der Waals surface area contributed by atoms with E-state index < -0.39 is 0 Å². The van der Waals surface area contributed by atoms with Crippen molar-refractivity contribution >= 4 is 5.82 Å². The van der Waals surface area contributed by atoms with Crippen LogP contribution in [0.25, 0.3) is 0 Å². The monoisotopic (exact) mass is 195 g/mol. The summed E-state index contributed by atoms with van der Waals surface area (Å²) >= 11 is 0. The molecule has 0 saturated heterocycles. The maximum atomic E-state index is 5.61. The fourth-order valence-electron chi connectivity index (χ4n) is 0.949. The number of hydrogen-bond acceptors (Lipinski definition) is 4. The first-order valence-corrected chi connectivity index (χ1v) is 4.77. The number of nitrogens with two attached hydrogens (primary N) is 1. The zero-order valence-corrected chi connectivity index (χ0v) is 9.11. The van der Waals surface area contributed by atoms with E-state index in [1.807, 2.05) is 6.92 Å². The van der Waals surface area contributed by atoms with Gasteiger partial charge in [0, 0.05) is 6.07 Å². The second-order valence-electron chi connectivity index (χ2n) is 3.75.